The summed E-state index contributed by atoms with van der Waals surface area (Å²) in [4.78, 5) is 20.0. The van der Waals surface area contributed by atoms with Gasteiger partial charge in [-0.05, 0) is 30.3 Å². The van der Waals surface area contributed by atoms with E-state index >= 15 is 0 Å². The van der Waals surface area contributed by atoms with Gasteiger partial charge in [-0.15, -0.1) is 0 Å². The average Bonchev–Trinajstić information content (AvgIpc) is 3.54. The Hall–Kier alpha value is -5.36. The first kappa shape index (κ1) is 20.8. The molecule has 4 aromatic heterocycles. The number of hydrogen-bond acceptors (Lipinski definition) is 4. The summed E-state index contributed by atoms with van der Waals surface area (Å²) in [5.74, 6) is 1.82. The van der Waals surface area contributed by atoms with Crippen molar-refractivity contribution in [3.8, 4) is 28.7 Å². The van der Waals surface area contributed by atoms with Crippen LogP contribution in [0.4, 0.5) is 0 Å². The van der Waals surface area contributed by atoms with E-state index in [9.17, 15) is 0 Å². The topological polar surface area (TPSA) is 60.9 Å². The summed E-state index contributed by atoms with van der Waals surface area (Å²) in [6.07, 6.45) is 2.05. The molecule has 0 fully saturated rings. The molecule has 0 amide bonds. The van der Waals surface area contributed by atoms with Crippen molar-refractivity contribution in [2.45, 2.75) is 0 Å². The summed E-state index contributed by atoms with van der Waals surface area (Å²) < 4.78 is 4.26. The van der Waals surface area contributed by atoms with Crippen LogP contribution in [0.15, 0.2) is 121 Å². The van der Waals surface area contributed by atoms with E-state index in [1.54, 1.807) is 0 Å². The number of fused-ring (bicyclic) bond motifs is 7. The van der Waals surface area contributed by atoms with Gasteiger partial charge in [0.1, 0.15) is 11.2 Å². The molecule has 8 aromatic rings. The van der Waals surface area contributed by atoms with Crippen LogP contribution in [-0.2, 0) is 0 Å². The van der Waals surface area contributed by atoms with Gasteiger partial charge in [0, 0.05) is 28.1 Å². The highest BCUT2D eigenvalue weighted by atomic mass is 15.2. The molecular formula is C32H20N6. The number of pyridine rings is 1. The number of hydrogen-bond donors (Lipinski definition) is 0. The second kappa shape index (κ2) is 8.08. The van der Waals surface area contributed by atoms with Gasteiger partial charge < -0.3 is 0 Å². The fourth-order valence-corrected chi connectivity index (χ4v) is 5.28. The molecule has 178 valence electrons. The quantitative estimate of drug-likeness (QED) is 0.266. The van der Waals surface area contributed by atoms with Gasteiger partial charge in [-0.3, -0.25) is 8.97 Å². The molecule has 0 aliphatic rings. The minimum Gasteiger partial charge on any atom is -0.300 e. The lowest BCUT2D eigenvalue weighted by atomic mass is 10.1. The highest BCUT2D eigenvalue weighted by Crippen LogP contribution is 2.36. The van der Waals surface area contributed by atoms with E-state index in [1.807, 2.05) is 85.1 Å². The van der Waals surface area contributed by atoms with Gasteiger partial charge in [0.2, 0.25) is 5.95 Å². The predicted molar refractivity (Wildman–Crippen MR) is 151 cm³/mol. The van der Waals surface area contributed by atoms with Crippen LogP contribution >= 0.6 is 0 Å². The Morgan fingerprint density at radius 3 is 1.87 bits per heavy atom. The lowest BCUT2D eigenvalue weighted by Crippen LogP contribution is -2.06. The van der Waals surface area contributed by atoms with Gasteiger partial charge in [0.25, 0.3) is 0 Å². The van der Waals surface area contributed by atoms with Crippen molar-refractivity contribution in [1.82, 2.24) is 28.9 Å². The van der Waals surface area contributed by atoms with Gasteiger partial charge in [0.15, 0.2) is 11.6 Å². The van der Waals surface area contributed by atoms with Crippen LogP contribution in [0, 0.1) is 0 Å². The fourth-order valence-electron chi connectivity index (χ4n) is 5.28. The Balaban J connectivity index is 1.53. The Morgan fingerprint density at radius 1 is 0.474 bits per heavy atom. The molecule has 0 radical (unpaired) electrons. The van der Waals surface area contributed by atoms with Crippen LogP contribution in [-0.4, -0.2) is 28.9 Å². The molecule has 0 saturated carbocycles. The molecule has 0 spiro atoms. The summed E-state index contributed by atoms with van der Waals surface area (Å²) in [7, 11) is 0. The van der Waals surface area contributed by atoms with Gasteiger partial charge >= 0.3 is 0 Å². The molecule has 0 bridgehead atoms. The summed E-state index contributed by atoms with van der Waals surface area (Å²) in [6.45, 7) is 0. The van der Waals surface area contributed by atoms with Crippen LogP contribution in [0.3, 0.4) is 0 Å². The SMILES string of the molecule is c1ccc(-c2nc(-c3ccccc3)nc(-n3c4ccccc4c4ccc5c(nc6ccccn65)c43)n2)cc1. The molecule has 4 heterocycles. The van der Waals surface area contributed by atoms with Gasteiger partial charge in [-0.25, -0.2) is 9.97 Å². The van der Waals surface area contributed by atoms with Crippen molar-refractivity contribution in [3.63, 3.8) is 0 Å². The van der Waals surface area contributed by atoms with Crippen molar-refractivity contribution in [2.75, 3.05) is 0 Å². The Kier molecular flexibility index (Phi) is 4.42. The standard InChI is InChI=1S/C32H20N6/c1-3-11-21(12-4-1)30-34-31(22-13-5-2-6-14-22)36-32(35-30)38-25-16-8-7-15-23(25)24-18-19-26-28(29(24)38)33-27-17-9-10-20-37(26)27/h1-20H. The zero-order valence-electron chi connectivity index (χ0n) is 20.2. The van der Waals surface area contributed by atoms with Crippen molar-refractivity contribution in [2.24, 2.45) is 0 Å². The normalized spacial score (nSPS) is 11.7. The molecule has 8 rings (SSSR count). The van der Waals surface area contributed by atoms with E-state index in [1.165, 1.54) is 0 Å². The van der Waals surface area contributed by atoms with Crippen LogP contribution in [0.2, 0.25) is 0 Å². The number of imidazole rings is 1. The first-order valence-electron chi connectivity index (χ1n) is 12.5. The summed E-state index contributed by atoms with van der Waals surface area (Å²) >= 11 is 0. The van der Waals surface area contributed by atoms with Crippen molar-refractivity contribution in [1.29, 1.82) is 0 Å². The van der Waals surface area contributed by atoms with E-state index in [4.69, 9.17) is 19.9 Å². The molecule has 38 heavy (non-hydrogen) atoms. The predicted octanol–water partition coefficient (Wildman–Crippen LogP) is 7.10. The molecule has 0 aliphatic carbocycles. The minimum atomic E-state index is 0.563. The molecule has 0 saturated heterocycles. The maximum Gasteiger partial charge on any atom is 0.238 e. The fraction of sp³-hybridized carbons (Fsp3) is 0. The van der Waals surface area contributed by atoms with Crippen LogP contribution < -0.4 is 0 Å². The average molecular weight is 489 g/mol. The third-order valence-electron chi connectivity index (χ3n) is 7.00. The third kappa shape index (κ3) is 3.07. The second-order valence-electron chi connectivity index (χ2n) is 9.24. The van der Waals surface area contributed by atoms with Crippen molar-refractivity contribution in [3.05, 3.63) is 121 Å². The highest BCUT2D eigenvalue weighted by Gasteiger charge is 2.21. The number of para-hydroxylation sites is 1. The van der Waals surface area contributed by atoms with Crippen LogP contribution in [0.25, 0.3) is 67.2 Å². The lowest BCUT2D eigenvalue weighted by molar-refractivity contribution is 0.954. The smallest absolute Gasteiger partial charge is 0.238 e. The molecule has 0 unspecified atom stereocenters. The number of aromatic nitrogens is 6. The lowest BCUT2D eigenvalue weighted by Gasteiger charge is -2.11. The molecule has 6 nitrogen and oxygen atoms in total. The number of rotatable bonds is 3. The van der Waals surface area contributed by atoms with E-state index in [-0.39, 0.29) is 0 Å². The van der Waals surface area contributed by atoms with Crippen molar-refractivity contribution >= 4 is 38.5 Å². The first-order chi connectivity index (χ1) is 18.8. The molecule has 0 atom stereocenters. The second-order valence-corrected chi connectivity index (χ2v) is 9.24. The monoisotopic (exact) mass is 488 g/mol. The van der Waals surface area contributed by atoms with E-state index in [0.29, 0.717) is 17.6 Å². The van der Waals surface area contributed by atoms with E-state index < -0.39 is 0 Å². The van der Waals surface area contributed by atoms with Crippen molar-refractivity contribution < 1.29 is 0 Å². The van der Waals surface area contributed by atoms with E-state index in [0.717, 1.165) is 49.6 Å². The summed E-state index contributed by atoms with van der Waals surface area (Å²) in [6, 6.07) is 38.9. The van der Waals surface area contributed by atoms with Gasteiger partial charge in [-0.2, -0.15) is 9.97 Å². The highest BCUT2D eigenvalue weighted by molar-refractivity contribution is 6.17. The molecule has 0 N–H and O–H groups in total. The van der Waals surface area contributed by atoms with Gasteiger partial charge in [-0.1, -0.05) is 84.9 Å². The Bertz CT molecular complexity index is 2070. The Labute approximate surface area is 217 Å². The molecular weight excluding hydrogens is 468 g/mol. The first-order valence-corrected chi connectivity index (χ1v) is 12.5. The van der Waals surface area contributed by atoms with E-state index in [2.05, 4.69) is 45.4 Å². The number of nitrogens with zero attached hydrogens (tertiary/aromatic N) is 6. The van der Waals surface area contributed by atoms with Crippen LogP contribution in [0.1, 0.15) is 0 Å². The zero-order valence-corrected chi connectivity index (χ0v) is 20.2. The maximum absolute atomic E-state index is 5.06. The molecule has 4 aromatic carbocycles. The zero-order chi connectivity index (χ0) is 25.1. The summed E-state index contributed by atoms with van der Waals surface area (Å²) in [5.41, 5.74) is 6.73. The molecule has 6 heteroatoms. The number of benzene rings is 4. The maximum atomic E-state index is 5.06. The van der Waals surface area contributed by atoms with Crippen LogP contribution in [0.5, 0.6) is 0 Å². The largest absolute Gasteiger partial charge is 0.300 e. The summed E-state index contributed by atoms with van der Waals surface area (Å²) in [5, 5.41) is 2.24. The van der Waals surface area contributed by atoms with Gasteiger partial charge in [0.05, 0.1) is 16.6 Å². The Morgan fingerprint density at radius 2 is 1.13 bits per heavy atom. The molecule has 0 aliphatic heterocycles. The minimum absolute atomic E-state index is 0.563. The third-order valence-corrected chi connectivity index (χ3v) is 7.00.